The Labute approximate surface area is 392 Å². The van der Waals surface area contributed by atoms with E-state index in [2.05, 4.69) is 30.3 Å². The summed E-state index contributed by atoms with van der Waals surface area (Å²) >= 11 is 0. The van der Waals surface area contributed by atoms with Gasteiger partial charge >= 0.3 is 16.2 Å². The first kappa shape index (κ1) is 44.4. The fourth-order valence-corrected chi connectivity index (χ4v) is 13.1. The molecule has 0 bridgehead atoms. The smallest absolute Gasteiger partial charge is 0.329 e. The van der Waals surface area contributed by atoms with Crippen molar-refractivity contribution in [2.24, 2.45) is 12.5 Å². The second-order valence-electron chi connectivity index (χ2n) is 19.6. The summed E-state index contributed by atoms with van der Waals surface area (Å²) in [5, 5.41) is 20.9. The van der Waals surface area contributed by atoms with Gasteiger partial charge in [-0.15, -0.1) is 0 Å². The van der Waals surface area contributed by atoms with Gasteiger partial charge in [0.2, 0.25) is 5.91 Å². The number of fused-ring (bicyclic) bond motifs is 2. The number of aromatic nitrogens is 2. The fraction of sp³-hybridized carbons (Fsp3) is 0.511. The van der Waals surface area contributed by atoms with Crippen LogP contribution in [0.4, 0.5) is 36.5 Å². The number of carbonyl (C=O) groups is 3. The standard InChI is InChI=1S/C47H53F2N11O7S/c1-28-51-37-8-6-31(67-42-34(24-50)38(9-7-35(42)48)54-68(64,65)58-13-4-3-5-14-58)18-32(37)44(62)60(28)30-23-47(66-25-30)11-16-56(17-12-47)29-21-46(22-29)26-57(27-46)40-20-39-33(19-36(40)49)43(53-55(39)2)59-15-10-41(61)52-45(59)63/h6-9,18-20,28-30,51,54H,3-5,10-17,21-23,25-27H2,1-2H3,(H,52,61,63)/t28?,30-/m1/s1. The van der Waals surface area contributed by atoms with Gasteiger partial charge in [0.1, 0.15) is 23.2 Å². The Hall–Kier alpha value is -6.08. The zero-order chi connectivity index (χ0) is 47.3. The zero-order valence-electron chi connectivity index (χ0n) is 37.9. The molecular weight excluding hydrogens is 901 g/mol. The summed E-state index contributed by atoms with van der Waals surface area (Å²) in [7, 11) is -2.23. The molecule has 11 rings (SSSR count). The minimum absolute atomic E-state index is 0.105. The van der Waals surface area contributed by atoms with E-state index in [0.717, 1.165) is 77.2 Å². The molecule has 6 fully saturated rings. The van der Waals surface area contributed by atoms with Crippen LogP contribution in [-0.2, 0) is 26.8 Å². The summed E-state index contributed by atoms with van der Waals surface area (Å²) in [4.78, 5) is 46.4. The fourth-order valence-electron chi connectivity index (χ4n) is 11.8. The topological polar surface area (TPSA) is 198 Å². The number of rotatable bonds is 9. The number of hydrogen-bond donors (Lipinski definition) is 3. The first-order chi connectivity index (χ1) is 32.6. The van der Waals surface area contributed by atoms with Gasteiger partial charge in [0.15, 0.2) is 17.4 Å². The van der Waals surface area contributed by atoms with Crippen molar-refractivity contribution in [2.75, 3.05) is 72.3 Å². The number of halogens is 2. The van der Waals surface area contributed by atoms with Gasteiger partial charge in [0.25, 0.3) is 5.91 Å². The van der Waals surface area contributed by atoms with Crippen LogP contribution in [0.2, 0.25) is 0 Å². The minimum atomic E-state index is -3.99. The molecule has 1 aromatic heterocycles. The molecule has 1 aliphatic carbocycles. The molecule has 18 nitrogen and oxygen atoms in total. The number of ether oxygens (including phenoxy) is 2. The highest BCUT2D eigenvalue weighted by Gasteiger charge is 2.56. The Morgan fingerprint density at radius 1 is 0.941 bits per heavy atom. The Morgan fingerprint density at radius 3 is 2.44 bits per heavy atom. The predicted molar refractivity (Wildman–Crippen MR) is 247 cm³/mol. The van der Waals surface area contributed by atoms with Crippen molar-refractivity contribution in [2.45, 2.75) is 88.6 Å². The summed E-state index contributed by atoms with van der Waals surface area (Å²) < 4.78 is 75.3. The lowest BCUT2D eigenvalue weighted by molar-refractivity contribution is -0.120. The molecule has 2 atom stereocenters. The summed E-state index contributed by atoms with van der Waals surface area (Å²) in [6.45, 7) is 6.48. The highest BCUT2D eigenvalue weighted by Crippen LogP contribution is 2.53. The third-order valence-electron chi connectivity index (χ3n) is 15.3. The lowest BCUT2D eigenvalue weighted by Gasteiger charge is -2.62. The van der Waals surface area contributed by atoms with Crippen LogP contribution in [0.25, 0.3) is 10.9 Å². The quantitative estimate of drug-likeness (QED) is 0.188. The summed E-state index contributed by atoms with van der Waals surface area (Å²) in [6, 6.07) is 11.8. The average molecular weight is 954 g/mol. The van der Waals surface area contributed by atoms with Gasteiger partial charge in [-0.2, -0.15) is 23.1 Å². The third-order valence-corrected chi connectivity index (χ3v) is 16.8. The normalized spacial score (nSPS) is 24.1. The molecule has 68 heavy (non-hydrogen) atoms. The van der Waals surface area contributed by atoms with Crippen molar-refractivity contribution in [1.29, 1.82) is 5.26 Å². The van der Waals surface area contributed by atoms with E-state index in [9.17, 15) is 28.1 Å². The molecule has 3 N–H and O–H groups in total. The molecule has 1 unspecified atom stereocenters. The molecule has 1 saturated carbocycles. The van der Waals surface area contributed by atoms with Crippen LogP contribution >= 0.6 is 0 Å². The van der Waals surface area contributed by atoms with E-state index in [-0.39, 0.29) is 70.8 Å². The number of hydrogen-bond acceptors (Lipinski definition) is 12. The molecule has 0 radical (unpaired) electrons. The van der Waals surface area contributed by atoms with E-state index in [0.29, 0.717) is 65.8 Å². The largest absolute Gasteiger partial charge is 0.453 e. The minimum Gasteiger partial charge on any atom is -0.453 e. The number of amides is 4. The molecule has 5 saturated heterocycles. The number of nitrogens with one attached hydrogen (secondary N) is 3. The van der Waals surface area contributed by atoms with Crippen molar-refractivity contribution >= 4 is 61.8 Å². The summed E-state index contributed by atoms with van der Waals surface area (Å²) in [6.07, 6.45) is 6.62. The Bertz CT molecular complexity index is 2900. The van der Waals surface area contributed by atoms with Crippen LogP contribution in [0.5, 0.6) is 11.5 Å². The highest BCUT2D eigenvalue weighted by atomic mass is 32.2. The first-order valence-corrected chi connectivity index (χ1v) is 24.9. The number of piperidine rings is 2. The molecule has 4 amide bonds. The predicted octanol–water partition coefficient (Wildman–Crippen LogP) is 5.61. The van der Waals surface area contributed by atoms with Gasteiger partial charge in [0.05, 0.1) is 46.9 Å². The SMILES string of the molecule is CC1Nc2ccc(Oc3c(F)ccc(NS(=O)(=O)N4CCCCC4)c3C#N)cc2C(=O)N1[C@H]1COC2(CCN(C3CC4(C3)CN(c3cc5c(cc3F)c(N3CCC(=O)NC3=O)nn5C)C4)CC2)C1. The number of nitriles is 1. The van der Waals surface area contributed by atoms with Crippen molar-refractivity contribution in [3.05, 3.63) is 65.2 Å². The van der Waals surface area contributed by atoms with Crippen LogP contribution in [0.1, 0.15) is 80.6 Å². The van der Waals surface area contributed by atoms with E-state index in [1.165, 1.54) is 27.4 Å². The van der Waals surface area contributed by atoms with Crippen molar-refractivity contribution in [3.63, 3.8) is 0 Å². The Kier molecular flexibility index (Phi) is 10.8. The maximum Gasteiger partial charge on any atom is 0.329 e. The first-order valence-electron chi connectivity index (χ1n) is 23.4. The summed E-state index contributed by atoms with van der Waals surface area (Å²) in [5.74, 6) is -1.81. The van der Waals surface area contributed by atoms with Crippen molar-refractivity contribution in [3.8, 4) is 17.6 Å². The van der Waals surface area contributed by atoms with Crippen molar-refractivity contribution < 1.29 is 41.1 Å². The molecule has 3 aromatic carbocycles. The van der Waals surface area contributed by atoms with Gasteiger partial charge < -0.3 is 29.5 Å². The Morgan fingerprint density at radius 2 is 1.71 bits per heavy atom. The Balaban J connectivity index is 0.698. The van der Waals surface area contributed by atoms with E-state index < -0.39 is 27.8 Å². The van der Waals surface area contributed by atoms with Crippen LogP contribution in [0, 0.1) is 28.4 Å². The van der Waals surface area contributed by atoms with Crippen LogP contribution < -0.4 is 29.9 Å². The molecule has 2 spiro atoms. The lowest BCUT2D eigenvalue weighted by atomic mass is 9.59. The van der Waals surface area contributed by atoms with Gasteiger partial charge in [-0.25, -0.2) is 13.6 Å². The number of benzene rings is 3. The van der Waals surface area contributed by atoms with Crippen molar-refractivity contribution in [1.82, 2.24) is 29.2 Å². The molecular formula is C47H53F2N11O7S. The number of anilines is 4. The van der Waals surface area contributed by atoms with E-state index in [1.54, 1.807) is 29.9 Å². The molecule has 7 heterocycles. The maximum absolute atomic E-state index is 15.7. The van der Waals surface area contributed by atoms with E-state index in [4.69, 9.17) is 9.47 Å². The molecule has 7 aliphatic rings. The average Bonchev–Trinajstić information content (AvgIpc) is 3.84. The number of carbonyl (C=O) groups excluding carboxylic acids is 3. The van der Waals surface area contributed by atoms with Crippen LogP contribution in [0.3, 0.4) is 0 Å². The van der Waals surface area contributed by atoms with E-state index >= 15 is 8.78 Å². The van der Waals surface area contributed by atoms with Crippen LogP contribution in [0.15, 0.2) is 42.5 Å². The van der Waals surface area contributed by atoms with Crippen LogP contribution in [-0.4, -0.2) is 126 Å². The molecule has 6 aliphatic heterocycles. The van der Waals surface area contributed by atoms with Gasteiger partial charge in [-0.1, -0.05) is 6.42 Å². The van der Waals surface area contributed by atoms with Gasteiger partial charge in [-0.05, 0) is 94.3 Å². The zero-order valence-corrected chi connectivity index (χ0v) is 38.7. The highest BCUT2D eigenvalue weighted by molar-refractivity contribution is 7.90. The third kappa shape index (κ3) is 7.65. The number of imide groups is 1. The number of likely N-dealkylation sites (tertiary alicyclic amines) is 1. The molecule has 358 valence electrons. The summed E-state index contributed by atoms with van der Waals surface area (Å²) in [5.41, 5.74) is 1.49. The maximum atomic E-state index is 15.7. The second-order valence-corrected chi connectivity index (χ2v) is 21.3. The van der Waals surface area contributed by atoms with Gasteiger partial charge in [-0.3, -0.25) is 29.2 Å². The number of aryl methyl sites for hydroxylation is 1. The van der Waals surface area contributed by atoms with Gasteiger partial charge in [0, 0.05) is 81.8 Å². The molecule has 4 aromatic rings. The second kappa shape index (κ2) is 16.6. The number of urea groups is 1. The lowest BCUT2D eigenvalue weighted by Crippen LogP contribution is -2.67. The monoisotopic (exact) mass is 953 g/mol. The van der Waals surface area contributed by atoms with E-state index in [1.807, 2.05) is 17.9 Å². The molecule has 21 heteroatoms. The number of nitrogens with zero attached hydrogens (tertiary/aromatic N) is 8.